The molecular weight excluding hydrogens is 243 g/mol. The van der Waals surface area contributed by atoms with E-state index in [9.17, 15) is 13.2 Å². The minimum atomic E-state index is -4.32. The lowest BCUT2D eigenvalue weighted by Crippen LogP contribution is -2.23. The van der Waals surface area contributed by atoms with Crippen LogP contribution in [0.4, 0.5) is 13.2 Å². The third-order valence-corrected chi connectivity index (χ3v) is 2.69. The maximum atomic E-state index is 12.8. The van der Waals surface area contributed by atoms with Crippen molar-refractivity contribution >= 4 is 0 Å². The number of hydrogen-bond acceptors (Lipinski definition) is 2. The Balaban J connectivity index is 2.72. The van der Waals surface area contributed by atoms with E-state index in [1.54, 1.807) is 24.9 Å². The minimum absolute atomic E-state index is 0.225. The van der Waals surface area contributed by atoms with Gasteiger partial charge >= 0.3 is 6.18 Å². The predicted octanol–water partition coefficient (Wildman–Crippen LogP) is 2.91. The molecule has 1 N–H and O–H groups in total. The molecule has 0 saturated carbocycles. The third kappa shape index (κ3) is 4.66. The van der Waals surface area contributed by atoms with E-state index in [-0.39, 0.29) is 12.1 Å². The van der Waals surface area contributed by atoms with E-state index in [0.717, 1.165) is 6.07 Å². The van der Waals surface area contributed by atoms with E-state index in [1.807, 2.05) is 0 Å². The van der Waals surface area contributed by atoms with E-state index >= 15 is 0 Å². The van der Waals surface area contributed by atoms with Crippen LogP contribution in [0.2, 0.25) is 0 Å². The predicted molar refractivity (Wildman–Crippen MR) is 64.1 cm³/mol. The number of aliphatic hydroxyl groups is 1. The van der Waals surface area contributed by atoms with Gasteiger partial charge in [-0.2, -0.15) is 13.2 Å². The smallest absolute Gasteiger partial charge is 0.393 e. The van der Waals surface area contributed by atoms with Crippen LogP contribution in [-0.2, 0) is 12.7 Å². The quantitative estimate of drug-likeness (QED) is 0.881. The van der Waals surface area contributed by atoms with Gasteiger partial charge in [0.2, 0.25) is 0 Å². The van der Waals surface area contributed by atoms with Gasteiger partial charge in [0, 0.05) is 13.1 Å². The molecule has 0 saturated heterocycles. The topological polar surface area (TPSA) is 23.5 Å². The van der Waals surface area contributed by atoms with Gasteiger partial charge in [0.25, 0.3) is 0 Å². The van der Waals surface area contributed by atoms with Gasteiger partial charge < -0.3 is 10.0 Å². The van der Waals surface area contributed by atoms with Crippen LogP contribution in [0.5, 0.6) is 0 Å². The van der Waals surface area contributed by atoms with Crippen LogP contribution in [0.3, 0.4) is 0 Å². The Hall–Kier alpha value is -1.07. The van der Waals surface area contributed by atoms with Crippen molar-refractivity contribution in [2.75, 3.05) is 13.6 Å². The van der Waals surface area contributed by atoms with Crippen LogP contribution in [-0.4, -0.2) is 29.7 Å². The van der Waals surface area contributed by atoms with Crippen molar-refractivity contribution in [3.05, 3.63) is 35.4 Å². The first-order valence-corrected chi connectivity index (χ1v) is 5.82. The van der Waals surface area contributed by atoms with Crippen LogP contribution >= 0.6 is 0 Å². The van der Waals surface area contributed by atoms with Gasteiger partial charge in [-0.05, 0) is 32.0 Å². The number of aliphatic hydroxyl groups excluding tert-OH is 1. The number of rotatable bonds is 5. The lowest BCUT2D eigenvalue weighted by molar-refractivity contribution is -0.138. The summed E-state index contributed by atoms with van der Waals surface area (Å²) in [6.07, 6.45) is -4.21. The molecule has 0 heterocycles. The van der Waals surface area contributed by atoms with E-state index in [1.165, 1.54) is 12.1 Å². The van der Waals surface area contributed by atoms with Gasteiger partial charge in [0.1, 0.15) is 0 Å². The van der Waals surface area contributed by atoms with Crippen molar-refractivity contribution in [3.63, 3.8) is 0 Å². The van der Waals surface area contributed by atoms with Crippen LogP contribution in [0.1, 0.15) is 24.5 Å². The zero-order valence-electron chi connectivity index (χ0n) is 10.5. The van der Waals surface area contributed by atoms with E-state index in [4.69, 9.17) is 5.11 Å². The molecule has 2 nitrogen and oxygen atoms in total. The zero-order chi connectivity index (χ0) is 13.8. The van der Waals surface area contributed by atoms with Crippen molar-refractivity contribution < 1.29 is 18.3 Å². The summed E-state index contributed by atoms with van der Waals surface area (Å²) in [6, 6.07) is 5.58. The molecular formula is C13H18F3NO. The highest BCUT2D eigenvalue weighted by Gasteiger charge is 2.32. The maximum Gasteiger partial charge on any atom is 0.416 e. The Morgan fingerprint density at radius 1 is 1.28 bits per heavy atom. The number of alkyl halides is 3. The molecule has 1 atom stereocenters. The van der Waals surface area contributed by atoms with Crippen LogP contribution in [0.15, 0.2) is 24.3 Å². The molecule has 102 valence electrons. The summed E-state index contributed by atoms with van der Waals surface area (Å²) in [4.78, 5) is 1.78. The number of benzene rings is 1. The molecule has 0 fully saturated rings. The van der Waals surface area contributed by atoms with E-state index in [2.05, 4.69) is 0 Å². The molecule has 0 aromatic heterocycles. The lowest BCUT2D eigenvalue weighted by Gasteiger charge is -2.20. The monoisotopic (exact) mass is 261 g/mol. The maximum absolute atomic E-state index is 12.8. The summed E-state index contributed by atoms with van der Waals surface area (Å²) in [7, 11) is 1.75. The normalized spacial score (nSPS) is 13.9. The van der Waals surface area contributed by atoms with Crippen LogP contribution in [0.25, 0.3) is 0 Å². The molecule has 0 spiro atoms. The second-order valence-corrected chi connectivity index (χ2v) is 4.53. The molecule has 0 aliphatic carbocycles. The lowest BCUT2D eigenvalue weighted by atomic mass is 10.1. The Kier molecular flexibility index (Phi) is 5.16. The standard InChI is InChI=1S/C13H18F3NO/c1-10(18)7-8-17(2)9-11-5-3-4-6-12(11)13(14,15)16/h3-6,10,18H,7-9H2,1-2H3. The summed E-state index contributed by atoms with van der Waals surface area (Å²) < 4.78 is 38.3. The number of nitrogens with zero attached hydrogens (tertiary/aromatic N) is 1. The average molecular weight is 261 g/mol. The van der Waals surface area contributed by atoms with Crippen molar-refractivity contribution in [1.82, 2.24) is 4.90 Å². The highest BCUT2D eigenvalue weighted by molar-refractivity contribution is 5.29. The highest BCUT2D eigenvalue weighted by Crippen LogP contribution is 2.32. The molecule has 0 aliphatic heterocycles. The van der Waals surface area contributed by atoms with Crippen molar-refractivity contribution in [2.45, 2.75) is 32.2 Å². The highest BCUT2D eigenvalue weighted by atomic mass is 19.4. The summed E-state index contributed by atoms with van der Waals surface area (Å²) in [6.45, 7) is 2.45. The first-order chi connectivity index (χ1) is 8.30. The van der Waals surface area contributed by atoms with Gasteiger partial charge in [-0.15, -0.1) is 0 Å². The van der Waals surface area contributed by atoms with Gasteiger partial charge in [-0.25, -0.2) is 0 Å². The molecule has 0 amide bonds. The van der Waals surface area contributed by atoms with Gasteiger partial charge in [0.05, 0.1) is 11.7 Å². The average Bonchev–Trinajstić information content (AvgIpc) is 2.25. The molecule has 1 unspecified atom stereocenters. The molecule has 5 heteroatoms. The van der Waals surface area contributed by atoms with Crippen LogP contribution < -0.4 is 0 Å². The van der Waals surface area contributed by atoms with E-state index in [0.29, 0.717) is 13.0 Å². The summed E-state index contributed by atoms with van der Waals surface area (Å²) >= 11 is 0. The first kappa shape index (κ1) is 15.0. The Bertz CT molecular complexity index is 377. The Labute approximate surface area is 105 Å². The molecule has 1 rings (SSSR count). The molecule has 18 heavy (non-hydrogen) atoms. The van der Waals surface area contributed by atoms with Crippen molar-refractivity contribution in [2.24, 2.45) is 0 Å². The zero-order valence-corrected chi connectivity index (χ0v) is 10.5. The largest absolute Gasteiger partial charge is 0.416 e. The van der Waals surface area contributed by atoms with Gasteiger partial charge in [0.15, 0.2) is 0 Å². The minimum Gasteiger partial charge on any atom is -0.393 e. The van der Waals surface area contributed by atoms with Gasteiger partial charge in [-0.1, -0.05) is 18.2 Å². The number of halogens is 3. The molecule has 1 aromatic carbocycles. The summed E-state index contributed by atoms with van der Waals surface area (Å²) in [5.74, 6) is 0. The van der Waals surface area contributed by atoms with Gasteiger partial charge in [-0.3, -0.25) is 0 Å². The Morgan fingerprint density at radius 3 is 2.44 bits per heavy atom. The SMILES string of the molecule is CC(O)CCN(C)Cc1ccccc1C(F)(F)F. The second kappa shape index (κ2) is 6.20. The fourth-order valence-electron chi connectivity index (χ4n) is 1.71. The number of hydrogen-bond donors (Lipinski definition) is 1. The molecule has 1 aromatic rings. The summed E-state index contributed by atoms with van der Waals surface area (Å²) in [5, 5.41) is 9.14. The van der Waals surface area contributed by atoms with Crippen molar-refractivity contribution in [1.29, 1.82) is 0 Å². The molecule has 0 radical (unpaired) electrons. The fourth-order valence-corrected chi connectivity index (χ4v) is 1.71. The van der Waals surface area contributed by atoms with E-state index < -0.39 is 17.8 Å². The molecule has 0 aliphatic rings. The fraction of sp³-hybridized carbons (Fsp3) is 0.538. The molecule has 0 bridgehead atoms. The Morgan fingerprint density at radius 2 is 1.89 bits per heavy atom. The third-order valence-electron chi connectivity index (χ3n) is 2.69. The van der Waals surface area contributed by atoms with Crippen LogP contribution in [0, 0.1) is 0 Å². The van der Waals surface area contributed by atoms with Crippen molar-refractivity contribution in [3.8, 4) is 0 Å². The summed E-state index contributed by atoms with van der Waals surface area (Å²) in [5.41, 5.74) is -0.327. The second-order valence-electron chi connectivity index (χ2n) is 4.53. The first-order valence-electron chi connectivity index (χ1n) is 5.82.